The Hall–Kier alpha value is -3.27. The van der Waals surface area contributed by atoms with Crippen molar-refractivity contribution in [2.45, 2.75) is 26.8 Å². The van der Waals surface area contributed by atoms with E-state index in [2.05, 4.69) is 25.8 Å². The second-order valence-corrected chi connectivity index (χ2v) is 7.50. The Bertz CT molecular complexity index is 1200. The van der Waals surface area contributed by atoms with Gasteiger partial charge in [0.15, 0.2) is 5.58 Å². The monoisotopic (exact) mass is 412 g/mol. The normalized spacial score (nSPS) is 11.1. The van der Waals surface area contributed by atoms with E-state index in [4.69, 9.17) is 9.26 Å². The fourth-order valence-corrected chi connectivity index (χ4v) is 3.80. The van der Waals surface area contributed by atoms with Crippen molar-refractivity contribution in [2.75, 3.05) is 19.0 Å². The number of methoxy groups -OCH3 is 1. The van der Waals surface area contributed by atoms with Crippen molar-refractivity contribution in [3.63, 3.8) is 0 Å². The second kappa shape index (κ2) is 8.00. The minimum atomic E-state index is -0.252. The molecule has 0 unspecified atom stereocenters. The third-order valence-corrected chi connectivity index (χ3v) is 5.29. The van der Waals surface area contributed by atoms with E-state index >= 15 is 0 Å². The van der Waals surface area contributed by atoms with Crippen LogP contribution in [0.5, 0.6) is 5.75 Å². The van der Waals surface area contributed by atoms with Gasteiger partial charge in [0.2, 0.25) is 5.13 Å². The number of nitrogens with zero attached hydrogens (tertiary/aromatic N) is 5. The molecule has 0 spiro atoms. The molecule has 29 heavy (non-hydrogen) atoms. The van der Waals surface area contributed by atoms with Crippen molar-refractivity contribution in [1.82, 2.24) is 25.1 Å². The molecule has 0 saturated carbocycles. The molecule has 4 aromatic rings. The Morgan fingerprint density at radius 2 is 2.03 bits per heavy atom. The lowest BCUT2D eigenvalue weighted by atomic mass is 10.1. The number of ether oxygens (including phenoxy) is 1. The summed E-state index contributed by atoms with van der Waals surface area (Å²) in [5, 5.41) is 21.7. The summed E-state index contributed by atoms with van der Waals surface area (Å²) in [7, 11) is 1.63. The fourth-order valence-electron chi connectivity index (χ4n) is 3.01. The van der Waals surface area contributed by atoms with E-state index in [1.54, 1.807) is 14.0 Å². The molecule has 0 atom stereocenters. The summed E-state index contributed by atoms with van der Waals surface area (Å²) in [6.45, 7) is 4.73. The molecule has 0 aliphatic carbocycles. The lowest BCUT2D eigenvalue weighted by Crippen LogP contribution is -2.25. The Labute approximate surface area is 170 Å². The van der Waals surface area contributed by atoms with Gasteiger partial charge in [-0.1, -0.05) is 28.6 Å². The third-order valence-electron chi connectivity index (χ3n) is 4.43. The Morgan fingerprint density at radius 1 is 1.24 bits per heavy atom. The Kier molecular flexibility index (Phi) is 5.26. The van der Waals surface area contributed by atoms with Crippen molar-refractivity contribution in [3.8, 4) is 5.75 Å². The highest BCUT2D eigenvalue weighted by atomic mass is 32.1. The standard InChI is InChI=1S/C19H20N6O3S/c1-4-20-19-22-21-15(29-19)10-25-18(26)16-11(2)24-28-17(16)14(23-25)9-12-5-7-13(27-3)8-6-12/h5-8H,4,9-10H2,1-3H3,(H,20,22). The third kappa shape index (κ3) is 3.83. The molecule has 1 N–H and O–H groups in total. The molecule has 0 amide bonds. The molecule has 0 fully saturated rings. The summed E-state index contributed by atoms with van der Waals surface area (Å²) in [5.74, 6) is 0.778. The fraction of sp³-hybridized carbons (Fsp3) is 0.316. The van der Waals surface area contributed by atoms with Gasteiger partial charge in [-0.25, -0.2) is 4.68 Å². The molecule has 150 valence electrons. The van der Waals surface area contributed by atoms with Crippen LogP contribution in [0.3, 0.4) is 0 Å². The maximum absolute atomic E-state index is 13.0. The molecule has 10 heteroatoms. The minimum Gasteiger partial charge on any atom is -0.497 e. The Balaban J connectivity index is 1.73. The van der Waals surface area contributed by atoms with Gasteiger partial charge in [-0.15, -0.1) is 10.2 Å². The number of rotatable bonds is 7. The molecule has 0 radical (unpaired) electrons. The highest BCUT2D eigenvalue weighted by Crippen LogP contribution is 2.22. The maximum atomic E-state index is 13.0. The Morgan fingerprint density at radius 3 is 2.76 bits per heavy atom. The van der Waals surface area contributed by atoms with Gasteiger partial charge >= 0.3 is 0 Å². The summed E-state index contributed by atoms with van der Waals surface area (Å²) in [5.41, 5.74) is 2.37. The molecule has 4 rings (SSSR count). The van der Waals surface area contributed by atoms with Crippen LogP contribution in [-0.2, 0) is 13.0 Å². The average Bonchev–Trinajstić information content (AvgIpc) is 3.33. The van der Waals surface area contributed by atoms with Gasteiger partial charge in [0, 0.05) is 13.0 Å². The molecule has 0 aliphatic heterocycles. The summed E-state index contributed by atoms with van der Waals surface area (Å²) in [6, 6.07) is 7.69. The van der Waals surface area contributed by atoms with Gasteiger partial charge in [0.1, 0.15) is 21.8 Å². The van der Waals surface area contributed by atoms with E-state index in [1.165, 1.54) is 16.0 Å². The van der Waals surface area contributed by atoms with Crippen LogP contribution in [0.25, 0.3) is 11.0 Å². The predicted octanol–water partition coefficient (Wildman–Crippen LogP) is 2.62. The van der Waals surface area contributed by atoms with Gasteiger partial charge in [0.25, 0.3) is 5.56 Å². The van der Waals surface area contributed by atoms with Crippen molar-refractivity contribution in [3.05, 3.63) is 56.6 Å². The lowest BCUT2D eigenvalue weighted by molar-refractivity contribution is 0.414. The smallest absolute Gasteiger partial charge is 0.280 e. The number of aryl methyl sites for hydroxylation is 1. The van der Waals surface area contributed by atoms with E-state index in [1.807, 2.05) is 31.2 Å². The van der Waals surface area contributed by atoms with Crippen LogP contribution in [0, 0.1) is 6.92 Å². The zero-order valence-corrected chi connectivity index (χ0v) is 17.1. The summed E-state index contributed by atoms with van der Waals surface area (Å²) >= 11 is 1.40. The van der Waals surface area contributed by atoms with Crippen LogP contribution in [-0.4, -0.2) is 38.8 Å². The largest absolute Gasteiger partial charge is 0.497 e. The SMILES string of the molecule is CCNc1nnc(Cn2nc(Cc3ccc(OC)cc3)c3onc(C)c3c2=O)s1. The van der Waals surface area contributed by atoms with Gasteiger partial charge in [-0.3, -0.25) is 4.79 Å². The molecule has 3 heterocycles. The molecular weight excluding hydrogens is 392 g/mol. The molecule has 1 aromatic carbocycles. The first-order valence-electron chi connectivity index (χ1n) is 9.14. The van der Waals surface area contributed by atoms with Crippen LogP contribution in [0.15, 0.2) is 33.6 Å². The minimum absolute atomic E-state index is 0.234. The molecule has 0 saturated heterocycles. The van der Waals surface area contributed by atoms with Crippen molar-refractivity contribution >= 4 is 27.4 Å². The molecule has 9 nitrogen and oxygen atoms in total. The first-order valence-corrected chi connectivity index (χ1v) is 9.95. The van der Waals surface area contributed by atoms with Gasteiger partial charge in [-0.05, 0) is 31.5 Å². The van der Waals surface area contributed by atoms with Gasteiger partial charge in [-0.2, -0.15) is 5.10 Å². The number of hydrogen-bond acceptors (Lipinski definition) is 9. The van der Waals surface area contributed by atoms with E-state index in [0.29, 0.717) is 33.8 Å². The number of hydrogen-bond donors (Lipinski definition) is 1. The van der Waals surface area contributed by atoms with Gasteiger partial charge < -0.3 is 14.6 Å². The quantitative estimate of drug-likeness (QED) is 0.493. The number of benzene rings is 1. The number of nitrogens with one attached hydrogen (secondary N) is 1. The first-order chi connectivity index (χ1) is 14.1. The number of anilines is 1. The number of fused-ring (bicyclic) bond motifs is 1. The summed E-state index contributed by atoms with van der Waals surface area (Å²) in [6.07, 6.45) is 0.494. The van der Waals surface area contributed by atoms with Crippen LogP contribution in [0.1, 0.15) is 28.9 Å². The van der Waals surface area contributed by atoms with Crippen LogP contribution >= 0.6 is 11.3 Å². The highest BCUT2D eigenvalue weighted by molar-refractivity contribution is 7.15. The van der Waals surface area contributed by atoms with Crippen molar-refractivity contribution in [1.29, 1.82) is 0 Å². The maximum Gasteiger partial charge on any atom is 0.280 e. The molecule has 3 aromatic heterocycles. The zero-order chi connectivity index (χ0) is 20.4. The summed E-state index contributed by atoms with van der Waals surface area (Å²) in [4.78, 5) is 13.0. The van der Waals surface area contributed by atoms with Crippen LogP contribution in [0.4, 0.5) is 5.13 Å². The second-order valence-electron chi connectivity index (χ2n) is 6.44. The summed E-state index contributed by atoms with van der Waals surface area (Å²) < 4.78 is 12.0. The lowest BCUT2D eigenvalue weighted by Gasteiger charge is -2.07. The predicted molar refractivity (Wildman–Crippen MR) is 110 cm³/mol. The molecular formula is C19H20N6O3S. The first kappa shape index (κ1) is 19.1. The van der Waals surface area contributed by atoms with E-state index in [-0.39, 0.29) is 12.1 Å². The van der Waals surface area contributed by atoms with Crippen LogP contribution < -0.4 is 15.6 Å². The highest BCUT2D eigenvalue weighted by Gasteiger charge is 2.19. The van der Waals surface area contributed by atoms with Crippen molar-refractivity contribution < 1.29 is 9.26 Å². The van der Waals surface area contributed by atoms with E-state index < -0.39 is 0 Å². The molecule has 0 aliphatic rings. The van der Waals surface area contributed by atoms with Crippen molar-refractivity contribution in [2.24, 2.45) is 0 Å². The topological polar surface area (TPSA) is 108 Å². The molecule has 0 bridgehead atoms. The zero-order valence-electron chi connectivity index (χ0n) is 16.3. The number of aromatic nitrogens is 5. The van der Waals surface area contributed by atoms with E-state index in [0.717, 1.165) is 23.0 Å². The average molecular weight is 412 g/mol. The van der Waals surface area contributed by atoms with Crippen LogP contribution in [0.2, 0.25) is 0 Å². The van der Waals surface area contributed by atoms with E-state index in [9.17, 15) is 4.79 Å². The van der Waals surface area contributed by atoms with Gasteiger partial charge in [0.05, 0.1) is 19.3 Å².